The Bertz CT molecular complexity index is 1540. The van der Waals surface area contributed by atoms with Crippen LogP contribution in [0.4, 0.5) is 18.9 Å². The van der Waals surface area contributed by atoms with Crippen molar-refractivity contribution in [3.63, 3.8) is 0 Å². The summed E-state index contributed by atoms with van der Waals surface area (Å²) < 4.78 is 96.3. The van der Waals surface area contributed by atoms with Crippen LogP contribution in [0.1, 0.15) is 23.5 Å². The number of ether oxygens (including phenoxy) is 1. The molecule has 2 aliphatic rings. The van der Waals surface area contributed by atoms with Crippen molar-refractivity contribution in [2.24, 2.45) is 10.7 Å². The van der Waals surface area contributed by atoms with Gasteiger partial charge in [-0.3, -0.25) is 9.59 Å². The molecule has 4 rings (SSSR count). The van der Waals surface area contributed by atoms with Gasteiger partial charge in [-0.15, -0.1) is 13.2 Å². The molecule has 0 aliphatic carbocycles. The fourth-order valence-electron chi connectivity index (χ4n) is 4.21. The maximum atomic E-state index is 14.3. The highest BCUT2D eigenvalue weighted by atomic mass is 35.5. The number of sulfonamides is 1. The van der Waals surface area contributed by atoms with E-state index in [2.05, 4.69) is 14.5 Å². The molecule has 2 aliphatic heterocycles. The van der Waals surface area contributed by atoms with Crippen LogP contribution in [-0.2, 0) is 26.0 Å². The number of rotatable bonds is 8. The largest absolute Gasteiger partial charge is 0.573 e. The standard InChI is InChI=1S/C23H22Cl2F3N5O5S/c1-12(19(29)34)31-39(36,37)18-11-30-21-32(16-8-14(24)7-15(25)9-16)20(35)22(2,33(18)21)10-13-3-5-17(6-4-13)38-23(26,27)28/h3-9,12,18,31H,10-11H2,1-2H3,(H2,29,34)/t12-,18?,22+/m0/s1/i2D3,11+1,18+1. The fourth-order valence-corrected chi connectivity index (χ4v) is 6.31. The van der Waals surface area contributed by atoms with Crippen LogP contribution in [0, 0.1) is 0 Å². The Morgan fingerprint density at radius 1 is 1.28 bits per heavy atom. The molecule has 1 saturated heterocycles. The number of benzene rings is 2. The zero-order chi connectivity index (χ0) is 31.4. The first-order valence-electron chi connectivity index (χ1n) is 12.6. The number of nitrogens with two attached hydrogens (primary N) is 1. The number of aliphatic imine (C=N–C) groups is 1. The van der Waals surface area contributed by atoms with Gasteiger partial charge < -0.3 is 15.4 Å². The molecule has 0 saturated carbocycles. The number of fused-ring (bicyclic) bond motifs is 1. The fraction of sp³-hybridized carbons (Fsp3) is 0.348. The van der Waals surface area contributed by atoms with E-state index >= 15 is 0 Å². The first-order valence-corrected chi connectivity index (χ1v) is 13.4. The molecule has 2 amide bonds. The van der Waals surface area contributed by atoms with Gasteiger partial charge in [-0.1, -0.05) is 35.3 Å². The molecule has 0 radical (unpaired) electrons. The Kier molecular flexibility index (Phi) is 6.49. The molecule has 0 spiro atoms. The van der Waals surface area contributed by atoms with Gasteiger partial charge in [0.05, 0.1) is 18.3 Å². The summed E-state index contributed by atoms with van der Waals surface area (Å²) in [4.78, 5) is 31.8. The van der Waals surface area contributed by atoms with Crippen LogP contribution in [0.15, 0.2) is 47.5 Å². The van der Waals surface area contributed by atoms with Crippen LogP contribution < -0.4 is 20.1 Å². The lowest BCUT2D eigenvalue weighted by atomic mass is 9.92. The Morgan fingerprint density at radius 2 is 1.90 bits per heavy atom. The molecule has 2 aromatic carbocycles. The average molecular weight is 613 g/mol. The van der Waals surface area contributed by atoms with E-state index in [4.69, 9.17) is 33.0 Å². The zero-order valence-corrected chi connectivity index (χ0v) is 22.2. The summed E-state index contributed by atoms with van der Waals surface area (Å²) in [7, 11) is -4.62. The van der Waals surface area contributed by atoms with Crippen molar-refractivity contribution < 1.29 is 40.0 Å². The average Bonchev–Trinajstić information content (AvgIpc) is 3.36. The number of hydrogen-bond donors (Lipinski definition) is 2. The smallest absolute Gasteiger partial charge is 0.406 e. The van der Waals surface area contributed by atoms with Gasteiger partial charge in [0.15, 0.2) is 5.37 Å². The monoisotopic (exact) mass is 612 g/mol. The zero-order valence-electron chi connectivity index (χ0n) is 22.9. The molecule has 1 unspecified atom stereocenters. The SMILES string of the molecule is [2H]C([2H])([2H])[C@@]1(Cc2ccc(OC(F)(F)F)cc2)C(=O)N(c2cc(Cl)cc(Cl)c2)C2=N[13CH2][13CH](S(=O)(=O)N[C@@H](C)C(N)=O)N21. The number of nitrogens with zero attached hydrogens (tertiary/aromatic N) is 3. The second-order valence-corrected chi connectivity index (χ2v) is 11.5. The van der Waals surface area contributed by atoms with Crippen LogP contribution in [0.5, 0.6) is 5.75 Å². The number of amides is 2. The van der Waals surface area contributed by atoms with E-state index in [0.29, 0.717) is 0 Å². The molecule has 39 heavy (non-hydrogen) atoms. The first-order chi connectivity index (χ1) is 19.3. The number of halogens is 5. The van der Waals surface area contributed by atoms with Crippen LogP contribution in [0.25, 0.3) is 0 Å². The van der Waals surface area contributed by atoms with Crippen molar-refractivity contribution in [2.45, 2.75) is 43.5 Å². The Morgan fingerprint density at radius 3 is 2.44 bits per heavy atom. The number of hydrogen-bond acceptors (Lipinski definition) is 7. The van der Waals surface area contributed by atoms with Gasteiger partial charge in [-0.25, -0.2) is 23.0 Å². The highest BCUT2D eigenvalue weighted by Crippen LogP contribution is 2.41. The summed E-state index contributed by atoms with van der Waals surface area (Å²) in [6, 6.07) is 6.62. The van der Waals surface area contributed by atoms with Crippen LogP contribution in [0.3, 0.4) is 0 Å². The van der Waals surface area contributed by atoms with Crippen molar-refractivity contribution >= 4 is 56.7 Å². The number of carbonyl (C=O) groups is 2. The minimum atomic E-state index is -4.99. The lowest BCUT2D eigenvalue weighted by molar-refractivity contribution is -0.274. The molecule has 2 aromatic rings. The Labute approximate surface area is 235 Å². The van der Waals surface area contributed by atoms with Gasteiger partial charge in [-0.05, 0) is 49.7 Å². The Hall–Kier alpha value is -3.07. The maximum absolute atomic E-state index is 14.3. The van der Waals surface area contributed by atoms with Crippen molar-refractivity contribution in [1.29, 1.82) is 0 Å². The molecule has 210 valence electrons. The highest BCUT2D eigenvalue weighted by molar-refractivity contribution is 7.90. The molecule has 10 nitrogen and oxygen atoms in total. The topological polar surface area (TPSA) is 134 Å². The summed E-state index contributed by atoms with van der Waals surface area (Å²) in [5.41, 5.74) is 2.59. The summed E-state index contributed by atoms with van der Waals surface area (Å²) in [6.07, 6.45) is -5.69. The summed E-state index contributed by atoms with van der Waals surface area (Å²) in [5.74, 6) is -3.10. The van der Waals surface area contributed by atoms with Gasteiger partial charge in [0.25, 0.3) is 5.91 Å². The number of primary amides is 1. The quantitative estimate of drug-likeness (QED) is 0.440. The molecular weight excluding hydrogens is 588 g/mol. The molecule has 2 heterocycles. The minimum absolute atomic E-state index is 0.0159. The predicted octanol–water partition coefficient (Wildman–Crippen LogP) is 3.03. The molecular formula is C23H22Cl2F3N5O5S. The van der Waals surface area contributed by atoms with Gasteiger partial charge in [0.1, 0.15) is 11.3 Å². The third kappa shape index (κ3) is 5.78. The minimum Gasteiger partial charge on any atom is -0.406 e. The number of anilines is 1. The third-order valence-electron chi connectivity index (χ3n) is 5.91. The first kappa shape index (κ1) is 24.9. The normalized spacial score (nSPS) is 23.5. The molecule has 0 aromatic heterocycles. The van der Waals surface area contributed by atoms with Crippen molar-refractivity contribution in [3.8, 4) is 5.75 Å². The van der Waals surface area contributed by atoms with Crippen LogP contribution in [0.2, 0.25) is 10.0 Å². The second-order valence-electron chi connectivity index (χ2n) is 8.75. The van der Waals surface area contributed by atoms with Gasteiger partial charge >= 0.3 is 6.36 Å². The van der Waals surface area contributed by atoms with E-state index in [1.807, 2.05) is 0 Å². The van der Waals surface area contributed by atoms with Crippen LogP contribution in [-0.4, -0.2) is 61.0 Å². The number of alkyl halides is 3. The lowest BCUT2D eigenvalue weighted by Crippen LogP contribution is -2.58. The van der Waals surface area contributed by atoms with E-state index < -0.39 is 70.7 Å². The van der Waals surface area contributed by atoms with E-state index in [9.17, 15) is 31.2 Å². The lowest BCUT2D eigenvalue weighted by Gasteiger charge is -2.35. The molecule has 1 fully saturated rings. The Balaban J connectivity index is 1.89. The van der Waals surface area contributed by atoms with Crippen molar-refractivity contribution in [2.75, 3.05) is 11.4 Å². The number of guanidine groups is 1. The summed E-state index contributed by atoms with van der Waals surface area (Å²) in [6.45, 7) is -2.63. The molecule has 16 heteroatoms. The molecule has 3 atom stereocenters. The van der Waals surface area contributed by atoms with Gasteiger partial charge in [0.2, 0.25) is 21.9 Å². The van der Waals surface area contributed by atoms with Gasteiger partial charge in [0, 0.05) is 20.6 Å². The number of nitrogens with one attached hydrogen (secondary N) is 1. The van der Waals surface area contributed by atoms with Crippen molar-refractivity contribution in [3.05, 3.63) is 58.1 Å². The number of carbonyl (C=O) groups excluding carboxylic acids is 2. The van der Waals surface area contributed by atoms with E-state index in [-0.39, 0.29) is 27.3 Å². The van der Waals surface area contributed by atoms with Crippen LogP contribution >= 0.6 is 23.2 Å². The van der Waals surface area contributed by atoms with Crippen molar-refractivity contribution in [1.82, 2.24) is 9.62 Å². The third-order valence-corrected chi connectivity index (χ3v) is 8.10. The molecule has 0 bridgehead atoms. The molecule has 3 N–H and O–H groups in total. The maximum Gasteiger partial charge on any atom is 0.573 e. The van der Waals surface area contributed by atoms with E-state index in [1.165, 1.54) is 25.1 Å². The van der Waals surface area contributed by atoms with E-state index in [1.54, 1.807) is 0 Å². The predicted molar refractivity (Wildman–Crippen MR) is 138 cm³/mol. The van der Waals surface area contributed by atoms with E-state index in [0.717, 1.165) is 34.1 Å². The summed E-state index contributed by atoms with van der Waals surface area (Å²) >= 11 is 12.3. The second kappa shape index (κ2) is 10.2. The highest BCUT2D eigenvalue weighted by Gasteiger charge is 2.60. The summed E-state index contributed by atoms with van der Waals surface area (Å²) in [5, 5.41) is -1.67. The van der Waals surface area contributed by atoms with Gasteiger partial charge in [-0.2, -0.15) is 0 Å².